The summed E-state index contributed by atoms with van der Waals surface area (Å²) < 4.78 is 54.3. The van der Waals surface area contributed by atoms with Gasteiger partial charge in [0.15, 0.2) is 0 Å². The number of carbonyl (C=O) groups excluding carboxylic acids is 1. The number of amides is 1. The molecule has 0 spiro atoms. The maximum absolute atomic E-state index is 13.8. The smallest absolute Gasteiger partial charge is 0.242 e. The molecule has 146 valence electrons. The van der Waals surface area contributed by atoms with E-state index in [-0.39, 0.29) is 22.9 Å². The van der Waals surface area contributed by atoms with Crippen molar-refractivity contribution in [3.8, 4) is 0 Å². The lowest BCUT2D eigenvalue weighted by Crippen LogP contribution is -2.44. The summed E-state index contributed by atoms with van der Waals surface area (Å²) >= 11 is 0. The average molecular weight is 396 g/mol. The average Bonchev–Trinajstić information content (AvgIpc) is 2.56. The van der Waals surface area contributed by atoms with E-state index in [1.54, 1.807) is 12.1 Å². The van der Waals surface area contributed by atoms with Gasteiger partial charge in [-0.15, -0.1) is 0 Å². The van der Waals surface area contributed by atoms with Gasteiger partial charge in [-0.3, -0.25) is 4.79 Å². The summed E-state index contributed by atoms with van der Waals surface area (Å²) in [6, 6.07) is 7.82. The molecule has 2 aromatic rings. The molecule has 8 heteroatoms. The van der Waals surface area contributed by atoms with Crippen molar-refractivity contribution in [1.29, 1.82) is 0 Å². The molecule has 0 radical (unpaired) electrons. The van der Waals surface area contributed by atoms with E-state index in [0.717, 1.165) is 17.7 Å². The Hall–Kier alpha value is -2.32. The highest BCUT2D eigenvalue weighted by molar-refractivity contribution is 7.89. The van der Waals surface area contributed by atoms with E-state index in [4.69, 9.17) is 0 Å². The molecular formula is C19H22F2N2O3S. The fourth-order valence-corrected chi connectivity index (χ4v) is 3.67. The highest BCUT2D eigenvalue weighted by Gasteiger charge is 2.27. The van der Waals surface area contributed by atoms with Gasteiger partial charge < -0.3 is 5.32 Å². The quantitative estimate of drug-likeness (QED) is 0.751. The maximum atomic E-state index is 13.8. The molecule has 0 aliphatic heterocycles. The van der Waals surface area contributed by atoms with Crippen molar-refractivity contribution < 1.29 is 22.0 Å². The number of anilines is 1. The molecule has 1 amide bonds. The van der Waals surface area contributed by atoms with E-state index >= 15 is 0 Å². The molecule has 0 aliphatic rings. The molecule has 2 aromatic carbocycles. The van der Waals surface area contributed by atoms with Crippen molar-refractivity contribution in [2.45, 2.75) is 38.1 Å². The van der Waals surface area contributed by atoms with Crippen LogP contribution < -0.4 is 10.0 Å². The summed E-state index contributed by atoms with van der Waals surface area (Å²) in [5.41, 5.74) is 0.682. The van der Waals surface area contributed by atoms with Gasteiger partial charge in [0.05, 0.1) is 10.6 Å². The van der Waals surface area contributed by atoms with Crippen LogP contribution in [0.25, 0.3) is 0 Å². The molecule has 27 heavy (non-hydrogen) atoms. The van der Waals surface area contributed by atoms with E-state index in [1.165, 1.54) is 12.1 Å². The molecule has 2 N–H and O–H groups in total. The van der Waals surface area contributed by atoms with Gasteiger partial charge in [0.2, 0.25) is 15.9 Å². The SMILES string of the molecule is Cc1ccc(S(=O)(=O)NC(CC(C)C)C(=O)Nc2ccc(F)cc2F)cc1. The molecule has 0 saturated carbocycles. The number of aryl methyl sites for hydroxylation is 1. The molecule has 0 bridgehead atoms. The molecule has 0 heterocycles. The monoisotopic (exact) mass is 396 g/mol. The molecule has 0 saturated heterocycles. The Morgan fingerprint density at radius 3 is 2.26 bits per heavy atom. The number of carbonyl (C=O) groups is 1. The van der Waals surface area contributed by atoms with Crippen LogP contribution in [-0.4, -0.2) is 20.4 Å². The van der Waals surface area contributed by atoms with E-state index < -0.39 is 33.6 Å². The zero-order valence-corrected chi connectivity index (χ0v) is 16.1. The van der Waals surface area contributed by atoms with E-state index in [9.17, 15) is 22.0 Å². The summed E-state index contributed by atoms with van der Waals surface area (Å²) in [6.07, 6.45) is 0.208. The lowest BCUT2D eigenvalue weighted by molar-refractivity contribution is -0.118. The van der Waals surface area contributed by atoms with Gasteiger partial charge in [0, 0.05) is 6.07 Å². The molecule has 0 aliphatic carbocycles. The number of sulfonamides is 1. The molecule has 5 nitrogen and oxygen atoms in total. The summed E-state index contributed by atoms with van der Waals surface area (Å²) in [5.74, 6) is -2.43. The van der Waals surface area contributed by atoms with Gasteiger partial charge in [0.1, 0.15) is 17.7 Å². The number of nitrogens with one attached hydrogen (secondary N) is 2. The van der Waals surface area contributed by atoms with E-state index in [0.29, 0.717) is 6.07 Å². The third-order valence-corrected chi connectivity index (χ3v) is 5.33. The van der Waals surface area contributed by atoms with E-state index in [2.05, 4.69) is 10.0 Å². The molecule has 2 rings (SSSR count). The first-order valence-corrected chi connectivity index (χ1v) is 9.91. The first kappa shape index (κ1) is 21.0. The predicted molar refractivity (Wildman–Crippen MR) is 99.7 cm³/mol. The number of benzene rings is 2. The first-order valence-electron chi connectivity index (χ1n) is 8.43. The minimum Gasteiger partial charge on any atom is -0.322 e. The van der Waals surface area contributed by atoms with Crippen LogP contribution in [0.15, 0.2) is 47.4 Å². The Kier molecular flexibility index (Phi) is 6.67. The maximum Gasteiger partial charge on any atom is 0.242 e. The van der Waals surface area contributed by atoms with Crippen LogP contribution in [0.4, 0.5) is 14.5 Å². The highest BCUT2D eigenvalue weighted by Crippen LogP contribution is 2.18. The molecule has 0 fully saturated rings. The standard InChI is InChI=1S/C19H22F2N2O3S/c1-12(2)10-18(19(24)22-17-9-6-14(20)11-16(17)21)23-27(25,26)15-7-4-13(3)5-8-15/h4-9,11-12,18,23H,10H2,1-3H3,(H,22,24). The third kappa shape index (κ3) is 5.83. The van der Waals surface area contributed by atoms with Crippen LogP contribution in [0.3, 0.4) is 0 Å². The lowest BCUT2D eigenvalue weighted by Gasteiger charge is -2.20. The van der Waals surface area contributed by atoms with Crippen molar-refractivity contribution in [2.75, 3.05) is 5.32 Å². The summed E-state index contributed by atoms with van der Waals surface area (Å²) in [7, 11) is -3.94. The summed E-state index contributed by atoms with van der Waals surface area (Å²) in [4.78, 5) is 12.6. The second-order valence-electron chi connectivity index (χ2n) is 6.73. The second kappa shape index (κ2) is 8.58. The highest BCUT2D eigenvalue weighted by atomic mass is 32.2. The van der Waals surface area contributed by atoms with E-state index in [1.807, 2.05) is 20.8 Å². The summed E-state index contributed by atoms with van der Waals surface area (Å²) in [6.45, 7) is 5.49. The number of hydrogen-bond donors (Lipinski definition) is 2. The van der Waals surface area contributed by atoms with Crippen LogP contribution in [0.2, 0.25) is 0 Å². The third-order valence-electron chi connectivity index (χ3n) is 3.84. The second-order valence-corrected chi connectivity index (χ2v) is 8.44. The largest absolute Gasteiger partial charge is 0.322 e. The topological polar surface area (TPSA) is 75.3 Å². The van der Waals surface area contributed by atoms with Gasteiger partial charge in [-0.25, -0.2) is 17.2 Å². The van der Waals surface area contributed by atoms with Gasteiger partial charge >= 0.3 is 0 Å². The zero-order chi connectivity index (χ0) is 20.2. The normalized spacial score (nSPS) is 12.8. The Balaban J connectivity index is 2.23. The Morgan fingerprint density at radius 1 is 1.07 bits per heavy atom. The van der Waals surface area contributed by atoms with Crippen LogP contribution in [0.1, 0.15) is 25.8 Å². The minimum atomic E-state index is -3.94. The number of rotatable bonds is 7. The number of halogens is 2. The molecular weight excluding hydrogens is 374 g/mol. The van der Waals surface area contributed by atoms with Gasteiger partial charge in [-0.05, 0) is 43.5 Å². The van der Waals surface area contributed by atoms with Gasteiger partial charge in [0.25, 0.3) is 0 Å². The van der Waals surface area contributed by atoms with Crippen LogP contribution >= 0.6 is 0 Å². The Morgan fingerprint density at radius 2 is 1.70 bits per heavy atom. The lowest BCUT2D eigenvalue weighted by atomic mass is 10.0. The van der Waals surface area contributed by atoms with Crippen LogP contribution in [0.5, 0.6) is 0 Å². The summed E-state index contributed by atoms with van der Waals surface area (Å²) in [5, 5.41) is 2.32. The van der Waals surface area contributed by atoms with Crippen molar-refractivity contribution in [3.63, 3.8) is 0 Å². The van der Waals surface area contributed by atoms with Crippen LogP contribution in [-0.2, 0) is 14.8 Å². The van der Waals surface area contributed by atoms with Crippen molar-refractivity contribution in [2.24, 2.45) is 5.92 Å². The predicted octanol–water partition coefficient (Wildman–Crippen LogP) is 3.60. The number of hydrogen-bond acceptors (Lipinski definition) is 3. The Bertz CT molecular complexity index is 913. The minimum absolute atomic E-state index is 0.000433. The Labute approximate surface area is 157 Å². The molecule has 1 atom stereocenters. The molecule has 1 unspecified atom stereocenters. The van der Waals surface area contributed by atoms with Gasteiger partial charge in [-0.2, -0.15) is 4.72 Å². The van der Waals surface area contributed by atoms with Gasteiger partial charge in [-0.1, -0.05) is 31.5 Å². The van der Waals surface area contributed by atoms with Crippen molar-refractivity contribution in [3.05, 3.63) is 59.7 Å². The van der Waals surface area contributed by atoms with Crippen molar-refractivity contribution in [1.82, 2.24) is 4.72 Å². The molecule has 0 aromatic heterocycles. The fourth-order valence-electron chi connectivity index (χ4n) is 2.46. The van der Waals surface area contributed by atoms with Crippen LogP contribution in [0, 0.1) is 24.5 Å². The fraction of sp³-hybridized carbons (Fsp3) is 0.316. The van der Waals surface area contributed by atoms with Crippen molar-refractivity contribution >= 4 is 21.6 Å². The zero-order valence-electron chi connectivity index (χ0n) is 15.3. The first-order chi connectivity index (χ1) is 12.6.